The molecule has 6 heteroatoms. The lowest BCUT2D eigenvalue weighted by atomic mass is 9.32. The maximum Gasteiger partial charge on any atom is 0.0917 e. The predicted molar refractivity (Wildman–Crippen MR) is 138 cm³/mol. The maximum absolute atomic E-state index is 12.0. The van der Waals surface area contributed by atoms with Gasteiger partial charge in [-0.2, -0.15) is 0 Å². The van der Waals surface area contributed by atoms with Gasteiger partial charge in [-0.3, -0.25) is 0 Å². The summed E-state index contributed by atoms with van der Waals surface area (Å²) in [6, 6.07) is 0. The SMILES string of the molecule is CC1(C)C[C@H]2C3=CC[C@@H]4[C@@]5(C)CC[C@H](O)C(C)(C)[C@@H]5CC[C@@]4(C)[C@]3(C)[C@@H](O)[C@@H](O)[C@]2(CO)[C@@H](O)[C@@H]1O. The molecule has 0 unspecified atom stereocenters. The van der Waals surface area contributed by atoms with Crippen molar-refractivity contribution in [2.75, 3.05) is 6.61 Å². The molecule has 5 aliphatic carbocycles. The second-order valence-electron chi connectivity index (χ2n) is 15.3. The highest BCUT2D eigenvalue weighted by Crippen LogP contribution is 2.75. The zero-order valence-electron chi connectivity index (χ0n) is 23.3. The minimum atomic E-state index is -1.40. The molecule has 0 radical (unpaired) electrons. The number of aliphatic hydroxyl groups excluding tert-OH is 6. The molecule has 5 rings (SSSR count). The van der Waals surface area contributed by atoms with Crippen LogP contribution in [0.1, 0.15) is 87.0 Å². The van der Waals surface area contributed by atoms with Gasteiger partial charge >= 0.3 is 0 Å². The standard InChI is InChI=1S/C30H50O6/c1-25(2)14-17-16-8-9-19-27(5)12-11-20(32)26(3,4)18(27)10-13-28(19,6)29(16,7)22(34)24(36)30(17,15-31)23(35)21(25)33/h8,17-24,31-36H,9-15H2,1-7H3/t17-,18-,19+,20-,21-,22-,23-,24+,27-,28+,29-,30-/m0/s1. The molecule has 0 aromatic rings. The quantitative estimate of drug-likeness (QED) is 0.304. The molecule has 5 aliphatic rings. The molecule has 0 aromatic heterocycles. The van der Waals surface area contributed by atoms with Crippen LogP contribution in [-0.2, 0) is 0 Å². The van der Waals surface area contributed by atoms with E-state index in [-0.39, 0.29) is 34.2 Å². The van der Waals surface area contributed by atoms with Crippen LogP contribution in [0.3, 0.4) is 0 Å². The van der Waals surface area contributed by atoms with Crippen molar-refractivity contribution in [3.8, 4) is 0 Å². The van der Waals surface area contributed by atoms with E-state index in [0.29, 0.717) is 12.3 Å². The number of rotatable bonds is 1. The van der Waals surface area contributed by atoms with E-state index in [1.165, 1.54) is 0 Å². The average molecular weight is 507 g/mol. The molecule has 6 N–H and O–H groups in total. The topological polar surface area (TPSA) is 121 Å². The number of hydrogen-bond acceptors (Lipinski definition) is 6. The molecular weight excluding hydrogens is 456 g/mol. The Balaban J connectivity index is 1.67. The van der Waals surface area contributed by atoms with Crippen LogP contribution in [0.15, 0.2) is 11.6 Å². The zero-order valence-corrected chi connectivity index (χ0v) is 23.3. The summed E-state index contributed by atoms with van der Waals surface area (Å²) in [5.74, 6) is 0.310. The fourth-order valence-corrected chi connectivity index (χ4v) is 10.9. The van der Waals surface area contributed by atoms with E-state index in [1.807, 2.05) is 13.8 Å². The molecule has 4 fully saturated rings. The third kappa shape index (κ3) is 2.85. The lowest BCUT2D eigenvalue weighted by Crippen LogP contribution is -2.76. The van der Waals surface area contributed by atoms with Crippen LogP contribution in [0.4, 0.5) is 0 Å². The molecule has 206 valence electrons. The molecule has 4 saturated carbocycles. The van der Waals surface area contributed by atoms with E-state index in [9.17, 15) is 30.6 Å². The third-order valence-corrected chi connectivity index (χ3v) is 13.5. The first-order valence-corrected chi connectivity index (χ1v) is 14.2. The van der Waals surface area contributed by atoms with Crippen molar-refractivity contribution in [3.63, 3.8) is 0 Å². The minimum absolute atomic E-state index is 0.00149. The number of hydrogen-bond donors (Lipinski definition) is 6. The lowest BCUT2D eigenvalue weighted by Gasteiger charge is -2.73. The number of allylic oxidation sites excluding steroid dienone is 1. The third-order valence-electron chi connectivity index (χ3n) is 13.5. The van der Waals surface area contributed by atoms with Crippen molar-refractivity contribution in [1.29, 1.82) is 0 Å². The predicted octanol–water partition coefficient (Wildman–Crippen LogP) is 3.02. The van der Waals surface area contributed by atoms with Gasteiger partial charge in [-0.05, 0) is 77.9 Å². The summed E-state index contributed by atoms with van der Waals surface area (Å²) in [4.78, 5) is 0. The average Bonchev–Trinajstić information content (AvgIpc) is 2.80. The summed E-state index contributed by atoms with van der Waals surface area (Å²) >= 11 is 0. The lowest BCUT2D eigenvalue weighted by molar-refractivity contribution is -0.288. The Hall–Kier alpha value is -0.500. The van der Waals surface area contributed by atoms with Crippen LogP contribution >= 0.6 is 0 Å². The summed E-state index contributed by atoms with van der Waals surface area (Å²) < 4.78 is 0. The van der Waals surface area contributed by atoms with Gasteiger partial charge in [-0.25, -0.2) is 0 Å². The molecule has 6 nitrogen and oxygen atoms in total. The maximum atomic E-state index is 12.0. The molecule has 0 aliphatic heterocycles. The van der Waals surface area contributed by atoms with Crippen LogP contribution in [0.25, 0.3) is 0 Å². The molecule has 0 saturated heterocycles. The monoisotopic (exact) mass is 506 g/mol. The Morgan fingerprint density at radius 3 is 2.00 bits per heavy atom. The molecular formula is C30H50O6. The second kappa shape index (κ2) is 7.79. The van der Waals surface area contributed by atoms with Gasteiger partial charge in [0.15, 0.2) is 0 Å². The van der Waals surface area contributed by atoms with E-state index in [1.54, 1.807) is 0 Å². The summed E-state index contributed by atoms with van der Waals surface area (Å²) in [5.41, 5.74) is -2.16. The van der Waals surface area contributed by atoms with E-state index in [0.717, 1.165) is 37.7 Å². The highest BCUT2D eigenvalue weighted by molar-refractivity contribution is 5.38. The van der Waals surface area contributed by atoms with Gasteiger partial charge in [-0.1, -0.05) is 60.1 Å². The van der Waals surface area contributed by atoms with E-state index < -0.39 is 47.3 Å². The number of fused-ring (bicyclic) bond motifs is 7. The van der Waals surface area contributed by atoms with E-state index >= 15 is 0 Å². The van der Waals surface area contributed by atoms with Crippen molar-refractivity contribution >= 4 is 0 Å². The van der Waals surface area contributed by atoms with Gasteiger partial charge in [0.25, 0.3) is 0 Å². The minimum Gasteiger partial charge on any atom is -0.396 e. The van der Waals surface area contributed by atoms with E-state index in [2.05, 4.69) is 40.7 Å². The normalized spacial score (nSPS) is 57.5. The van der Waals surface area contributed by atoms with Crippen LogP contribution < -0.4 is 0 Å². The number of aliphatic hydroxyl groups is 6. The Labute approximate surface area is 216 Å². The van der Waals surface area contributed by atoms with Gasteiger partial charge in [0.2, 0.25) is 0 Å². The summed E-state index contributed by atoms with van der Waals surface area (Å²) in [6.07, 6.45) is 1.92. The fraction of sp³-hybridized carbons (Fsp3) is 0.933. The van der Waals surface area contributed by atoms with Crippen LogP contribution in [0.2, 0.25) is 0 Å². The zero-order chi connectivity index (χ0) is 26.9. The van der Waals surface area contributed by atoms with Gasteiger partial charge < -0.3 is 30.6 Å². The van der Waals surface area contributed by atoms with Gasteiger partial charge in [-0.15, -0.1) is 0 Å². The van der Waals surface area contributed by atoms with Gasteiger partial charge in [0, 0.05) is 5.41 Å². The van der Waals surface area contributed by atoms with Gasteiger partial charge in [0.1, 0.15) is 0 Å². The second-order valence-corrected chi connectivity index (χ2v) is 15.3. The highest BCUT2D eigenvalue weighted by Gasteiger charge is 2.74. The molecule has 0 heterocycles. The van der Waals surface area contributed by atoms with Crippen LogP contribution in [-0.4, -0.2) is 67.8 Å². The van der Waals surface area contributed by atoms with Crippen molar-refractivity contribution < 1.29 is 30.6 Å². The van der Waals surface area contributed by atoms with Gasteiger partial charge in [0.05, 0.1) is 42.5 Å². The fourth-order valence-electron chi connectivity index (χ4n) is 10.9. The van der Waals surface area contributed by atoms with Crippen LogP contribution in [0, 0.1) is 50.2 Å². The van der Waals surface area contributed by atoms with E-state index in [4.69, 9.17) is 0 Å². The first-order valence-electron chi connectivity index (χ1n) is 14.2. The molecule has 0 aromatic carbocycles. The smallest absolute Gasteiger partial charge is 0.0917 e. The molecule has 0 spiro atoms. The summed E-state index contributed by atoms with van der Waals surface area (Å²) in [6.45, 7) is 14.6. The van der Waals surface area contributed by atoms with Crippen LogP contribution in [0.5, 0.6) is 0 Å². The molecule has 0 amide bonds. The first-order chi connectivity index (χ1) is 16.5. The highest BCUT2D eigenvalue weighted by atomic mass is 16.4. The Bertz CT molecular complexity index is 944. The molecule has 12 atom stereocenters. The molecule has 0 bridgehead atoms. The summed E-state index contributed by atoms with van der Waals surface area (Å²) in [7, 11) is 0. The van der Waals surface area contributed by atoms with Crippen molar-refractivity contribution in [2.45, 2.75) is 118 Å². The van der Waals surface area contributed by atoms with Crippen molar-refractivity contribution in [3.05, 3.63) is 11.6 Å². The Morgan fingerprint density at radius 2 is 1.39 bits per heavy atom. The Kier molecular flexibility index (Phi) is 5.86. The molecule has 36 heavy (non-hydrogen) atoms. The Morgan fingerprint density at radius 1 is 0.778 bits per heavy atom. The van der Waals surface area contributed by atoms with Crippen molar-refractivity contribution in [2.24, 2.45) is 50.2 Å². The first kappa shape index (κ1) is 27.1. The van der Waals surface area contributed by atoms with Crippen molar-refractivity contribution in [1.82, 2.24) is 0 Å². The largest absolute Gasteiger partial charge is 0.396 e. The summed E-state index contributed by atoms with van der Waals surface area (Å²) in [5, 5.41) is 67.7.